The summed E-state index contributed by atoms with van der Waals surface area (Å²) in [6.07, 6.45) is 4.05. The van der Waals surface area contributed by atoms with Gasteiger partial charge in [0.25, 0.3) is 0 Å². The molecule has 0 heterocycles. The van der Waals surface area contributed by atoms with E-state index in [0.717, 1.165) is 24.8 Å². The summed E-state index contributed by atoms with van der Waals surface area (Å²) in [5.74, 6) is 6.47. The Bertz CT molecular complexity index is 802. The van der Waals surface area contributed by atoms with Crippen LogP contribution in [0.1, 0.15) is 48.3 Å². The number of carbonyl (C=O) groups excluding carboxylic acids is 1. The van der Waals surface area contributed by atoms with E-state index in [1.807, 2.05) is 6.07 Å². The first-order chi connectivity index (χ1) is 12.6. The van der Waals surface area contributed by atoms with Crippen LogP contribution in [-0.4, -0.2) is 18.6 Å². The van der Waals surface area contributed by atoms with E-state index in [1.54, 1.807) is 0 Å². The van der Waals surface area contributed by atoms with Gasteiger partial charge in [0.2, 0.25) is 0 Å². The lowest BCUT2D eigenvalue weighted by atomic mass is 9.92. The summed E-state index contributed by atoms with van der Waals surface area (Å²) in [7, 11) is 1.40. The molecule has 2 atom stereocenters. The Labute approximate surface area is 155 Å². The fraction of sp³-hybridized carbons (Fsp3) is 0.348. The highest BCUT2D eigenvalue weighted by Crippen LogP contribution is 2.40. The van der Waals surface area contributed by atoms with Crippen LogP contribution in [0.5, 0.6) is 0 Å². The van der Waals surface area contributed by atoms with Gasteiger partial charge in [0.05, 0.1) is 7.11 Å². The van der Waals surface area contributed by atoms with Gasteiger partial charge in [-0.05, 0) is 54.9 Å². The van der Waals surface area contributed by atoms with Crippen LogP contribution in [0, 0.1) is 11.8 Å². The van der Waals surface area contributed by atoms with E-state index in [4.69, 9.17) is 10.5 Å². The first-order valence-electron chi connectivity index (χ1n) is 9.11. The van der Waals surface area contributed by atoms with Crippen molar-refractivity contribution in [2.24, 2.45) is 5.73 Å². The molecule has 1 saturated carbocycles. The standard InChI is InChI=1S/C23H25NO2/c1-26-22(25)23(24)16-15-21(17-23)20-13-11-19(12-14-20)10-6-5-9-18-7-3-2-4-8-18/h2-4,7-8,11-14,21H,5,9,15-17,24H2,1H3/t21-,23-/m1/s1. The second-order valence-corrected chi connectivity index (χ2v) is 7.00. The predicted molar refractivity (Wildman–Crippen MR) is 104 cm³/mol. The lowest BCUT2D eigenvalue weighted by Gasteiger charge is -2.20. The Hall–Kier alpha value is -2.57. The van der Waals surface area contributed by atoms with Gasteiger partial charge in [-0.15, -0.1) is 0 Å². The largest absolute Gasteiger partial charge is 0.468 e. The number of ether oxygens (including phenoxy) is 1. The minimum Gasteiger partial charge on any atom is -0.468 e. The number of nitrogens with two attached hydrogens (primary N) is 1. The smallest absolute Gasteiger partial charge is 0.325 e. The predicted octanol–water partition coefficient (Wildman–Crippen LogP) is 3.81. The van der Waals surface area contributed by atoms with E-state index in [-0.39, 0.29) is 5.97 Å². The molecule has 3 nitrogen and oxygen atoms in total. The third-order valence-corrected chi connectivity index (χ3v) is 5.14. The highest BCUT2D eigenvalue weighted by molar-refractivity contribution is 5.81. The quantitative estimate of drug-likeness (QED) is 0.676. The third-order valence-electron chi connectivity index (χ3n) is 5.14. The number of rotatable bonds is 4. The molecule has 2 N–H and O–H groups in total. The first kappa shape index (κ1) is 18.2. The van der Waals surface area contributed by atoms with Crippen molar-refractivity contribution in [2.45, 2.75) is 43.6 Å². The van der Waals surface area contributed by atoms with Crippen LogP contribution in [0.3, 0.4) is 0 Å². The van der Waals surface area contributed by atoms with Crippen molar-refractivity contribution in [3.63, 3.8) is 0 Å². The third kappa shape index (κ3) is 4.33. The SMILES string of the molecule is COC(=O)[C@@]1(N)CC[C@@H](c2ccc(C#CCCc3ccccc3)cc2)C1. The summed E-state index contributed by atoms with van der Waals surface area (Å²) >= 11 is 0. The molecule has 0 spiro atoms. The highest BCUT2D eigenvalue weighted by atomic mass is 16.5. The molecule has 0 aliphatic heterocycles. The Kier molecular flexibility index (Phi) is 5.75. The van der Waals surface area contributed by atoms with Crippen molar-refractivity contribution < 1.29 is 9.53 Å². The van der Waals surface area contributed by atoms with E-state index >= 15 is 0 Å². The molecule has 0 unspecified atom stereocenters. The zero-order chi connectivity index (χ0) is 18.4. The van der Waals surface area contributed by atoms with Crippen LogP contribution < -0.4 is 5.73 Å². The number of hydrogen-bond donors (Lipinski definition) is 1. The van der Waals surface area contributed by atoms with Gasteiger partial charge >= 0.3 is 5.97 Å². The molecule has 1 aliphatic carbocycles. The minimum atomic E-state index is -0.838. The maximum absolute atomic E-state index is 11.9. The number of carbonyl (C=O) groups is 1. The van der Waals surface area contributed by atoms with Gasteiger partial charge in [0.15, 0.2) is 0 Å². The second kappa shape index (κ2) is 8.21. The molecule has 3 rings (SSSR count). The summed E-state index contributed by atoms with van der Waals surface area (Å²) < 4.78 is 4.85. The summed E-state index contributed by atoms with van der Waals surface area (Å²) in [6.45, 7) is 0. The molecule has 2 aromatic rings. The van der Waals surface area contributed by atoms with Crippen LogP contribution in [0.25, 0.3) is 0 Å². The van der Waals surface area contributed by atoms with Crippen molar-refractivity contribution >= 4 is 5.97 Å². The monoisotopic (exact) mass is 347 g/mol. The minimum absolute atomic E-state index is 0.305. The zero-order valence-corrected chi connectivity index (χ0v) is 15.2. The molecule has 2 aromatic carbocycles. The fourth-order valence-electron chi connectivity index (χ4n) is 3.60. The zero-order valence-electron chi connectivity index (χ0n) is 15.2. The van der Waals surface area contributed by atoms with Crippen molar-refractivity contribution in [2.75, 3.05) is 7.11 Å². The lowest BCUT2D eigenvalue weighted by molar-refractivity contribution is -0.146. The molecule has 1 aliphatic rings. The summed E-state index contributed by atoms with van der Waals surface area (Å²) in [5.41, 5.74) is 8.92. The van der Waals surface area contributed by atoms with Crippen LogP contribution in [-0.2, 0) is 16.0 Å². The second-order valence-electron chi connectivity index (χ2n) is 7.00. The van der Waals surface area contributed by atoms with Gasteiger partial charge in [-0.25, -0.2) is 0 Å². The first-order valence-corrected chi connectivity index (χ1v) is 9.11. The normalized spacial score (nSPS) is 21.7. The average Bonchev–Trinajstić information content (AvgIpc) is 3.09. The number of hydrogen-bond acceptors (Lipinski definition) is 3. The molecule has 26 heavy (non-hydrogen) atoms. The maximum atomic E-state index is 11.9. The Balaban J connectivity index is 1.56. The lowest BCUT2D eigenvalue weighted by Crippen LogP contribution is -2.46. The van der Waals surface area contributed by atoms with E-state index in [2.05, 4.69) is 60.4 Å². The number of esters is 1. The van der Waals surface area contributed by atoms with E-state index in [1.165, 1.54) is 18.2 Å². The Morgan fingerprint density at radius 2 is 1.92 bits per heavy atom. The van der Waals surface area contributed by atoms with Crippen LogP contribution in [0.15, 0.2) is 54.6 Å². The van der Waals surface area contributed by atoms with Gasteiger partial charge < -0.3 is 10.5 Å². The molecule has 0 saturated heterocycles. The molecule has 0 bridgehead atoms. The van der Waals surface area contributed by atoms with Crippen LogP contribution in [0.4, 0.5) is 0 Å². The van der Waals surface area contributed by atoms with Crippen LogP contribution in [0.2, 0.25) is 0 Å². The van der Waals surface area contributed by atoms with Gasteiger partial charge in [-0.2, -0.15) is 0 Å². The van der Waals surface area contributed by atoms with Crippen molar-refractivity contribution in [3.8, 4) is 11.8 Å². The molecular formula is C23H25NO2. The summed E-state index contributed by atoms with van der Waals surface area (Å²) in [4.78, 5) is 11.9. The van der Waals surface area contributed by atoms with Crippen molar-refractivity contribution in [1.82, 2.24) is 0 Å². The van der Waals surface area contributed by atoms with Crippen molar-refractivity contribution in [3.05, 3.63) is 71.3 Å². The van der Waals surface area contributed by atoms with Gasteiger partial charge in [0, 0.05) is 12.0 Å². The Morgan fingerprint density at radius 1 is 1.19 bits per heavy atom. The van der Waals surface area contributed by atoms with Gasteiger partial charge in [0.1, 0.15) is 5.54 Å². The molecule has 1 fully saturated rings. The van der Waals surface area contributed by atoms with E-state index in [0.29, 0.717) is 18.8 Å². The molecule has 0 radical (unpaired) electrons. The fourth-order valence-corrected chi connectivity index (χ4v) is 3.60. The average molecular weight is 347 g/mol. The number of aryl methyl sites for hydroxylation is 1. The molecule has 0 aromatic heterocycles. The summed E-state index contributed by atoms with van der Waals surface area (Å²) in [6, 6.07) is 18.7. The molecule has 134 valence electrons. The van der Waals surface area contributed by atoms with Gasteiger partial charge in [-0.1, -0.05) is 54.3 Å². The number of methoxy groups -OCH3 is 1. The Morgan fingerprint density at radius 3 is 2.62 bits per heavy atom. The summed E-state index contributed by atoms with van der Waals surface area (Å²) in [5, 5.41) is 0. The molecule has 3 heteroatoms. The van der Waals surface area contributed by atoms with Crippen LogP contribution >= 0.6 is 0 Å². The highest BCUT2D eigenvalue weighted by Gasteiger charge is 2.43. The molecular weight excluding hydrogens is 322 g/mol. The van der Waals surface area contributed by atoms with Crippen molar-refractivity contribution in [1.29, 1.82) is 0 Å². The molecule has 0 amide bonds. The topological polar surface area (TPSA) is 52.3 Å². The maximum Gasteiger partial charge on any atom is 0.325 e. The number of benzene rings is 2. The van der Waals surface area contributed by atoms with E-state index < -0.39 is 5.54 Å². The van der Waals surface area contributed by atoms with E-state index in [9.17, 15) is 4.79 Å². The van der Waals surface area contributed by atoms with Gasteiger partial charge in [-0.3, -0.25) is 4.79 Å².